The Bertz CT molecular complexity index is 573. The minimum Gasteiger partial charge on any atom is -0.339 e. The van der Waals surface area contributed by atoms with Gasteiger partial charge in [-0.05, 0) is 43.6 Å². The summed E-state index contributed by atoms with van der Waals surface area (Å²) in [5.74, 6) is 1.50. The van der Waals surface area contributed by atoms with Crippen LogP contribution in [0.15, 0.2) is 28.8 Å². The second-order valence-corrected chi connectivity index (χ2v) is 6.07. The predicted octanol–water partition coefficient (Wildman–Crippen LogP) is 2.95. The van der Waals surface area contributed by atoms with Gasteiger partial charge in [-0.25, -0.2) is 0 Å². The molecule has 0 radical (unpaired) electrons. The third-order valence-corrected chi connectivity index (χ3v) is 4.22. The SMILES string of the molecule is CC1(c2nc(Cc3ccc(Cl)cc3)no2)CCNCC1. The maximum Gasteiger partial charge on any atom is 0.232 e. The summed E-state index contributed by atoms with van der Waals surface area (Å²) in [6.07, 6.45) is 2.75. The molecule has 2 aromatic rings. The summed E-state index contributed by atoms with van der Waals surface area (Å²) in [5.41, 5.74) is 1.15. The molecule has 0 saturated carbocycles. The van der Waals surface area contributed by atoms with Crippen LogP contribution < -0.4 is 5.32 Å². The van der Waals surface area contributed by atoms with E-state index in [1.54, 1.807) is 0 Å². The van der Waals surface area contributed by atoms with Crippen LogP contribution in [0.1, 0.15) is 37.0 Å². The lowest BCUT2D eigenvalue weighted by atomic mass is 9.81. The number of hydrogen-bond donors (Lipinski definition) is 1. The molecule has 1 N–H and O–H groups in total. The monoisotopic (exact) mass is 291 g/mol. The van der Waals surface area contributed by atoms with Gasteiger partial charge in [-0.2, -0.15) is 4.98 Å². The highest BCUT2D eigenvalue weighted by Crippen LogP contribution is 2.31. The van der Waals surface area contributed by atoms with Crippen molar-refractivity contribution in [1.82, 2.24) is 15.5 Å². The zero-order chi connectivity index (χ0) is 14.0. The molecule has 2 heterocycles. The largest absolute Gasteiger partial charge is 0.339 e. The standard InChI is InChI=1S/C15H18ClN3O/c1-15(6-8-17-9-7-15)14-18-13(19-20-14)10-11-2-4-12(16)5-3-11/h2-5,17H,6-10H2,1H3. The summed E-state index contributed by atoms with van der Waals surface area (Å²) in [6.45, 7) is 4.21. The van der Waals surface area contributed by atoms with Crippen LogP contribution in [0, 0.1) is 0 Å². The number of hydrogen-bond acceptors (Lipinski definition) is 4. The quantitative estimate of drug-likeness (QED) is 0.944. The Morgan fingerprint density at radius 2 is 1.95 bits per heavy atom. The number of benzene rings is 1. The Balaban J connectivity index is 1.74. The van der Waals surface area contributed by atoms with Gasteiger partial charge in [-0.15, -0.1) is 0 Å². The highest BCUT2D eigenvalue weighted by atomic mass is 35.5. The van der Waals surface area contributed by atoms with E-state index in [4.69, 9.17) is 16.1 Å². The summed E-state index contributed by atoms with van der Waals surface area (Å²) >= 11 is 5.88. The smallest absolute Gasteiger partial charge is 0.232 e. The molecule has 1 aromatic heterocycles. The van der Waals surface area contributed by atoms with E-state index in [1.807, 2.05) is 24.3 Å². The van der Waals surface area contributed by atoms with Gasteiger partial charge in [0, 0.05) is 16.9 Å². The Morgan fingerprint density at radius 3 is 2.65 bits per heavy atom. The third kappa shape index (κ3) is 2.86. The molecule has 4 nitrogen and oxygen atoms in total. The van der Waals surface area contributed by atoms with Crippen LogP contribution in [0.3, 0.4) is 0 Å². The highest BCUT2D eigenvalue weighted by molar-refractivity contribution is 6.30. The van der Waals surface area contributed by atoms with Crippen molar-refractivity contribution in [3.05, 3.63) is 46.6 Å². The predicted molar refractivity (Wildman–Crippen MR) is 78.0 cm³/mol. The molecule has 0 amide bonds. The summed E-state index contributed by atoms with van der Waals surface area (Å²) in [4.78, 5) is 4.58. The van der Waals surface area contributed by atoms with Gasteiger partial charge in [-0.1, -0.05) is 35.8 Å². The van der Waals surface area contributed by atoms with Crippen LogP contribution >= 0.6 is 11.6 Å². The van der Waals surface area contributed by atoms with E-state index in [1.165, 1.54) is 0 Å². The van der Waals surface area contributed by atoms with Crippen molar-refractivity contribution in [1.29, 1.82) is 0 Å². The van der Waals surface area contributed by atoms with Gasteiger partial charge < -0.3 is 9.84 Å². The van der Waals surface area contributed by atoms with Gasteiger partial charge in [0.05, 0.1) is 0 Å². The van der Waals surface area contributed by atoms with E-state index in [0.29, 0.717) is 6.42 Å². The number of nitrogens with one attached hydrogen (secondary N) is 1. The first kappa shape index (κ1) is 13.6. The molecule has 0 unspecified atom stereocenters. The Hall–Kier alpha value is -1.39. The molecular formula is C15H18ClN3O. The number of piperidine rings is 1. The van der Waals surface area contributed by atoms with Crippen molar-refractivity contribution in [2.24, 2.45) is 0 Å². The molecular weight excluding hydrogens is 274 g/mol. The minimum atomic E-state index is 0.0104. The fraction of sp³-hybridized carbons (Fsp3) is 0.467. The molecule has 20 heavy (non-hydrogen) atoms. The van der Waals surface area contributed by atoms with Gasteiger partial charge in [-0.3, -0.25) is 0 Å². The van der Waals surface area contributed by atoms with Crippen LogP contribution in [-0.2, 0) is 11.8 Å². The molecule has 1 aromatic carbocycles. The second kappa shape index (κ2) is 5.54. The normalized spacial score (nSPS) is 18.1. The summed E-state index contributed by atoms with van der Waals surface area (Å²) < 4.78 is 5.49. The lowest BCUT2D eigenvalue weighted by molar-refractivity contribution is 0.240. The molecule has 0 spiro atoms. The average Bonchev–Trinajstić information content (AvgIpc) is 2.92. The number of nitrogens with zero attached hydrogens (tertiary/aromatic N) is 2. The maximum atomic E-state index is 5.88. The zero-order valence-corrected chi connectivity index (χ0v) is 12.3. The lowest BCUT2D eigenvalue weighted by Gasteiger charge is -2.30. The number of halogens is 1. The van der Waals surface area contributed by atoms with Crippen molar-refractivity contribution in [3.8, 4) is 0 Å². The van der Waals surface area contributed by atoms with E-state index in [9.17, 15) is 0 Å². The van der Waals surface area contributed by atoms with Gasteiger partial charge in [0.1, 0.15) is 0 Å². The van der Waals surface area contributed by atoms with Crippen molar-refractivity contribution in [2.45, 2.75) is 31.6 Å². The van der Waals surface area contributed by atoms with Crippen LogP contribution in [0.25, 0.3) is 0 Å². The molecule has 106 valence electrons. The van der Waals surface area contributed by atoms with Gasteiger partial charge in [0.25, 0.3) is 0 Å². The Morgan fingerprint density at radius 1 is 1.25 bits per heavy atom. The molecule has 0 atom stereocenters. The first-order valence-electron chi connectivity index (χ1n) is 6.94. The maximum absolute atomic E-state index is 5.88. The number of rotatable bonds is 3. The first-order chi connectivity index (χ1) is 9.66. The van der Waals surface area contributed by atoms with Crippen LogP contribution in [0.4, 0.5) is 0 Å². The van der Waals surface area contributed by atoms with Crippen LogP contribution in [0.5, 0.6) is 0 Å². The first-order valence-corrected chi connectivity index (χ1v) is 7.32. The second-order valence-electron chi connectivity index (χ2n) is 5.63. The van der Waals surface area contributed by atoms with Crippen LogP contribution in [-0.4, -0.2) is 23.2 Å². The average molecular weight is 292 g/mol. The van der Waals surface area contributed by atoms with Gasteiger partial charge in [0.2, 0.25) is 5.89 Å². The minimum absolute atomic E-state index is 0.0104. The van der Waals surface area contributed by atoms with Crippen LogP contribution in [0.2, 0.25) is 5.02 Å². The highest BCUT2D eigenvalue weighted by Gasteiger charge is 2.34. The fourth-order valence-electron chi connectivity index (χ4n) is 2.55. The van der Waals surface area contributed by atoms with Crippen molar-refractivity contribution >= 4 is 11.6 Å². The zero-order valence-electron chi connectivity index (χ0n) is 11.5. The molecule has 1 saturated heterocycles. The molecule has 1 aliphatic rings. The van der Waals surface area contributed by atoms with E-state index in [0.717, 1.165) is 48.2 Å². The molecule has 3 rings (SSSR count). The summed E-state index contributed by atoms with van der Waals surface area (Å²) in [5, 5.41) is 8.21. The third-order valence-electron chi connectivity index (χ3n) is 3.97. The van der Waals surface area contributed by atoms with Crippen molar-refractivity contribution < 1.29 is 4.52 Å². The van der Waals surface area contributed by atoms with E-state index < -0.39 is 0 Å². The summed E-state index contributed by atoms with van der Waals surface area (Å²) in [7, 11) is 0. The molecule has 0 aliphatic carbocycles. The molecule has 5 heteroatoms. The molecule has 0 bridgehead atoms. The molecule has 1 fully saturated rings. The summed E-state index contributed by atoms with van der Waals surface area (Å²) in [6, 6.07) is 7.74. The van der Waals surface area contributed by atoms with Crippen molar-refractivity contribution in [2.75, 3.05) is 13.1 Å². The Labute approximate surface area is 123 Å². The molecule has 1 aliphatic heterocycles. The topological polar surface area (TPSA) is 51.0 Å². The van der Waals surface area contributed by atoms with E-state index in [2.05, 4.69) is 22.4 Å². The van der Waals surface area contributed by atoms with E-state index >= 15 is 0 Å². The van der Waals surface area contributed by atoms with Crippen molar-refractivity contribution in [3.63, 3.8) is 0 Å². The number of aromatic nitrogens is 2. The van der Waals surface area contributed by atoms with Gasteiger partial charge in [0.15, 0.2) is 5.82 Å². The van der Waals surface area contributed by atoms with Gasteiger partial charge >= 0.3 is 0 Å². The Kier molecular flexibility index (Phi) is 3.76. The van der Waals surface area contributed by atoms with E-state index in [-0.39, 0.29) is 5.41 Å². The lowest BCUT2D eigenvalue weighted by Crippen LogP contribution is -2.37. The fourth-order valence-corrected chi connectivity index (χ4v) is 2.67.